The van der Waals surface area contributed by atoms with Crippen molar-refractivity contribution in [2.24, 2.45) is 98.6 Å². The lowest BCUT2D eigenvalue weighted by Gasteiger charge is -2.63. The van der Waals surface area contributed by atoms with Crippen molar-refractivity contribution >= 4 is 66.9 Å². The normalized spacial score (nSPS) is 26.9. The summed E-state index contributed by atoms with van der Waals surface area (Å²) in [6.45, 7) is 41.1. The van der Waals surface area contributed by atoms with E-state index in [0.29, 0.717) is 70.2 Å². The molecule has 8 bridgehead atoms. The predicted molar refractivity (Wildman–Crippen MR) is 475 cm³/mol. The highest BCUT2D eigenvalue weighted by Gasteiger charge is 2.59. The molecule has 14 aliphatic carbocycles. The van der Waals surface area contributed by atoms with Crippen molar-refractivity contribution in [2.45, 2.75) is 256 Å². The fourth-order valence-electron chi connectivity index (χ4n) is 22.0. The van der Waals surface area contributed by atoms with Crippen LogP contribution in [0, 0.1) is 98.6 Å². The molecule has 19 atom stereocenters. The van der Waals surface area contributed by atoms with E-state index in [0.717, 1.165) is 110 Å². The molecule has 16 rings (SSSR count). The molecule has 4 N–H and O–H groups in total. The third-order valence-electron chi connectivity index (χ3n) is 29.9. The Kier molecular flexibility index (Phi) is 63.1. The molecule has 0 saturated heterocycles. The first-order valence-electron chi connectivity index (χ1n) is 44.6. The van der Waals surface area contributed by atoms with E-state index >= 15 is 0 Å². The van der Waals surface area contributed by atoms with Crippen LogP contribution in [0.25, 0.3) is 0 Å². The summed E-state index contributed by atoms with van der Waals surface area (Å²) in [4.78, 5) is 172. The number of likely N-dealkylation sites (N-methyl/N-ethyl adjacent to an activating group) is 5. The molecule has 14 aliphatic rings. The fourth-order valence-corrected chi connectivity index (χ4v) is 22.0. The van der Waals surface area contributed by atoms with Crippen LogP contribution >= 0.6 is 0 Å². The molecule has 31 nitrogen and oxygen atoms in total. The Morgan fingerprint density at radius 2 is 0.703 bits per heavy atom. The van der Waals surface area contributed by atoms with Gasteiger partial charge < -0.3 is 44.6 Å². The minimum absolute atomic E-state index is 0. The van der Waals surface area contributed by atoms with Crippen molar-refractivity contribution in [3.05, 3.63) is 71.8 Å². The SMILES string of the molecule is C.CCN(C)C[C@@H]1CC[C@H]2CC1C2(C)C.CCN(C)C[C@H]1CC[C@@H]2CC1C2(C)C.CCN(C)[C@@H](COC)Cc1ccccc1.CN(CC(=O)O)[C@H]1CCC[C@@H]1OCc1ccccc1.C[C@@H]1C2C[C@@H](C[C@H]1N(C)CC(=O)O)C2(C)C.C[C@@H]1CCC[C@H]1N(C)CC(=O)O.C[C@H]1C2C[C@H](C[C@@H]1N(C)CC(=O)O)C2(C)C.O=C=O.O=C=O.O=C=O.O=C=O.O=C=O.O=C=O.O=C=O. The highest BCUT2D eigenvalue weighted by Crippen LogP contribution is 2.65. The number of rotatable bonds is 27. The van der Waals surface area contributed by atoms with E-state index in [2.05, 4.69) is 163 Å². The number of nitrogens with zero attached hydrogens (tertiary/aromatic N) is 7. The molecule has 128 heavy (non-hydrogen) atoms. The highest BCUT2D eigenvalue weighted by atomic mass is 16.5. The maximum atomic E-state index is 10.8. The minimum Gasteiger partial charge on any atom is -0.480 e. The first-order valence-corrected chi connectivity index (χ1v) is 44.6. The van der Waals surface area contributed by atoms with Crippen molar-refractivity contribution in [2.75, 3.05) is 122 Å². The van der Waals surface area contributed by atoms with Crippen LogP contribution in [-0.4, -0.2) is 280 Å². The van der Waals surface area contributed by atoms with Gasteiger partial charge in [0.2, 0.25) is 0 Å². The monoisotopic (exact) mass is 1810 g/mol. The first kappa shape index (κ1) is 124. The first-order chi connectivity index (χ1) is 59.7. The number of benzene rings is 2. The van der Waals surface area contributed by atoms with Gasteiger partial charge in [-0.05, 0) is 281 Å². The van der Waals surface area contributed by atoms with Crippen molar-refractivity contribution < 1.29 is 116 Å². The van der Waals surface area contributed by atoms with Gasteiger partial charge in [-0.3, -0.25) is 38.8 Å². The van der Waals surface area contributed by atoms with E-state index in [-0.39, 0.29) is 88.8 Å². The van der Waals surface area contributed by atoms with Crippen LogP contribution in [0.5, 0.6) is 0 Å². The largest absolute Gasteiger partial charge is 0.480 e. The Balaban J connectivity index is -0.00000137. The molecule has 14 saturated carbocycles. The van der Waals surface area contributed by atoms with Crippen LogP contribution in [0.3, 0.4) is 0 Å². The maximum absolute atomic E-state index is 10.8. The van der Waals surface area contributed by atoms with Crippen LogP contribution < -0.4 is 0 Å². The number of hydrogen-bond acceptors (Lipinski definition) is 27. The number of aliphatic carboxylic acids is 4. The van der Waals surface area contributed by atoms with Gasteiger partial charge in [-0.15, -0.1) is 0 Å². The molecule has 0 spiro atoms. The molecule has 0 heterocycles. The number of hydrogen-bond donors (Lipinski definition) is 4. The molecule has 0 amide bonds. The van der Waals surface area contributed by atoms with Crippen LogP contribution in [0.2, 0.25) is 0 Å². The average Bonchev–Trinajstić information content (AvgIpc) is 0.862. The standard InChI is InChI=1S/C15H21NO3.2C13H23NO2.C13H21NO.2C13H25N.C9H17NO2.7CO2.CH4/c1-16(10-15(17)18)13-8-5-9-14(13)19-11-12-6-3-2-4-7-12;2*1-8-10-5-9(13(10,2)3)6-11(8)14(4)7-12(15)16;1-4-14(2)13(11-15-3)10-12-8-6-5-7-9-12;2*1-5-14(4)9-10-6-7-11-8-12(10)13(11,2)3;1-7-4-3-5-8(7)10(2)6-9(11)12;7*2-1-3;/h2-4,6-7,13-14H,5,8-11H2,1H3,(H,17,18);2*8-11H,5-7H2,1-4H3,(H,15,16);5-9,13H,4,10-11H2,1-3H3;2*10-12H,5-9H2,1-4H3;7-8H,3-6H2,1-2H3,(H,11,12);;;;;;;;1H4/t13-,14-;2*8-,9+,10?,11-;13-;2*10-,11-,12?;7-,8-;;;;;;;;/m0101101......../s1. The van der Waals surface area contributed by atoms with Gasteiger partial charge in [-0.25, -0.2) is 0 Å². The molecule has 4 unspecified atom stereocenters. The van der Waals surface area contributed by atoms with Gasteiger partial charge in [0.05, 0.1) is 45.5 Å². The van der Waals surface area contributed by atoms with Crippen molar-refractivity contribution in [1.82, 2.24) is 34.3 Å². The highest BCUT2D eigenvalue weighted by molar-refractivity contribution is 5.70. The number of ether oxygens (including phenoxy) is 2. The van der Waals surface area contributed by atoms with E-state index < -0.39 is 23.9 Å². The van der Waals surface area contributed by atoms with Gasteiger partial charge in [0.15, 0.2) is 0 Å². The second-order valence-electron chi connectivity index (χ2n) is 38.2. The Morgan fingerprint density at radius 1 is 0.398 bits per heavy atom. The Bertz CT molecular complexity index is 3450. The van der Waals surface area contributed by atoms with Crippen LogP contribution in [0.4, 0.5) is 0 Å². The third-order valence-corrected chi connectivity index (χ3v) is 29.9. The van der Waals surface area contributed by atoms with Crippen molar-refractivity contribution in [3.63, 3.8) is 0 Å². The van der Waals surface area contributed by atoms with E-state index in [1.165, 1.54) is 109 Å². The summed E-state index contributed by atoms with van der Waals surface area (Å²) in [6.07, 6.45) is 23.8. The van der Waals surface area contributed by atoms with E-state index in [1.807, 2.05) is 78.1 Å². The summed E-state index contributed by atoms with van der Waals surface area (Å²) < 4.78 is 11.2. The van der Waals surface area contributed by atoms with Gasteiger partial charge in [0, 0.05) is 50.4 Å². The summed E-state index contributed by atoms with van der Waals surface area (Å²) in [7, 11) is 16.1. The van der Waals surface area contributed by atoms with Gasteiger partial charge in [-0.2, -0.15) is 67.1 Å². The van der Waals surface area contributed by atoms with Crippen molar-refractivity contribution in [3.8, 4) is 0 Å². The molecular weight excluding hydrogens is 1650 g/mol. The van der Waals surface area contributed by atoms with Crippen LogP contribution in [-0.2, 0) is 109 Å². The maximum Gasteiger partial charge on any atom is 0.373 e. The Labute approximate surface area is 762 Å². The molecular formula is C97H159N7O24. The summed E-state index contributed by atoms with van der Waals surface area (Å²) >= 11 is 0. The molecule has 2 aromatic rings. The number of carboxylic acid groups (broad SMARTS) is 4. The van der Waals surface area contributed by atoms with Crippen LogP contribution in [0.15, 0.2) is 60.7 Å². The zero-order valence-corrected chi connectivity index (χ0v) is 80.1. The molecule has 0 aliphatic heterocycles. The van der Waals surface area contributed by atoms with Crippen molar-refractivity contribution in [1.29, 1.82) is 0 Å². The number of carbonyl (C=O) groups is 4. The zero-order valence-electron chi connectivity index (χ0n) is 80.1. The molecule has 0 radical (unpaired) electrons. The molecule has 2 aromatic carbocycles. The van der Waals surface area contributed by atoms with Gasteiger partial charge >= 0.3 is 66.9 Å². The summed E-state index contributed by atoms with van der Waals surface area (Å²) in [6, 6.07) is 22.8. The minimum atomic E-state index is -0.781. The van der Waals surface area contributed by atoms with Gasteiger partial charge in [0.25, 0.3) is 0 Å². The molecule has 14 fully saturated rings. The number of methoxy groups -OCH3 is 1. The van der Waals surface area contributed by atoms with Crippen LogP contribution in [0.1, 0.15) is 218 Å². The molecule has 31 heteroatoms. The number of carbonyl (C=O) groups excluding carboxylic acids is 14. The zero-order chi connectivity index (χ0) is 97.7. The lowest BCUT2D eigenvalue weighted by molar-refractivity contribution is -0.193. The lowest BCUT2D eigenvalue weighted by atomic mass is 9.44. The van der Waals surface area contributed by atoms with E-state index in [4.69, 9.17) is 97.0 Å². The lowest BCUT2D eigenvalue weighted by Crippen LogP contribution is -2.60. The number of fused-ring (bicyclic) bond motifs is 8. The fraction of sp³-hybridized carbons (Fsp3) is 0.763. The summed E-state index contributed by atoms with van der Waals surface area (Å²) in [5.41, 5.74) is 4.84. The Hall–Kier alpha value is -8.38. The van der Waals surface area contributed by atoms with Gasteiger partial charge in [-0.1, -0.05) is 171 Å². The predicted octanol–water partition coefficient (Wildman–Crippen LogP) is 12.2. The third kappa shape index (κ3) is 41.8. The molecule has 726 valence electrons. The smallest absolute Gasteiger partial charge is 0.373 e. The Morgan fingerprint density at radius 3 is 0.984 bits per heavy atom. The quantitative estimate of drug-likeness (QED) is 0.0645. The second-order valence-corrected chi connectivity index (χ2v) is 38.2. The van der Waals surface area contributed by atoms with Gasteiger partial charge in [0.1, 0.15) is 0 Å². The topological polar surface area (TPSA) is 429 Å². The number of carboxylic acids is 4. The average molecular weight is 1810 g/mol. The molecule has 0 aromatic heterocycles. The summed E-state index contributed by atoms with van der Waals surface area (Å²) in [5, 5.41) is 35.1. The second kappa shape index (κ2) is 65.2. The summed E-state index contributed by atoms with van der Waals surface area (Å²) in [5.74, 6) is 8.28. The van der Waals surface area contributed by atoms with E-state index in [9.17, 15) is 19.2 Å². The van der Waals surface area contributed by atoms with E-state index in [1.54, 1.807) is 7.11 Å².